The summed E-state index contributed by atoms with van der Waals surface area (Å²) < 4.78 is 10.9. The number of aryl methyl sites for hydroxylation is 1. The first kappa shape index (κ1) is 34.3. The highest BCUT2D eigenvalue weighted by Crippen LogP contribution is 2.24. The van der Waals surface area contributed by atoms with Crippen molar-refractivity contribution in [2.75, 3.05) is 13.2 Å². The summed E-state index contributed by atoms with van der Waals surface area (Å²) in [5.41, 5.74) is 0.631. The van der Waals surface area contributed by atoms with E-state index >= 15 is 0 Å². The molecule has 10 heteroatoms. The molecular formula is C32H45N3O7. The number of aliphatic hydroxyl groups is 1. The fraction of sp³-hybridized carbons (Fsp3) is 0.500. The maximum Gasteiger partial charge on any atom is 0.408 e. The van der Waals surface area contributed by atoms with Crippen molar-refractivity contribution < 1.29 is 33.8 Å². The molecule has 2 aromatic carbocycles. The van der Waals surface area contributed by atoms with Gasteiger partial charge in [0.15, 0.2) is 0 Å². The molecule has 42 heavy (non-hydrogen) atoms. The highest BCUT2D eigenvalue weighted by molar-refractivity contribution is 5.93. The molecule has 3 atom stereocenters. The van der Waals surface area contributed by atoms with Crippen molar-refractivity contribution in [1.29, 1.82) is 0 Å². The van der Waals surface area contributed by atoms with Crippen molar-refractivity contribution in [1.82, 2.24) is 15.5 Å². The van der Waals surface area contributed by atoms with Gasteiger partial charge in [0.25, 0.3) is 0 Å². The highest BCUT2D eigenvalue weighted by Gasteiger charge is 2.37. The summed E-state index contributed by atoms with van der Waals surface area (Å²) in [7, 11) is 0. The number of nitrogens with zero attached hydrogens (tertiary/aromatic N) is 1. The number of rotatable bonds is 11. The van der Waals surface area contributed by atoms with Crippen LogP contribution in [-0.2, 0) is 30.3 Å². The van der Waals surface area contributed by atoms with Crippen LogP contribution in [0.5, 0.6) is 0 Å². The van der Waals surface area contributed by atoms with E-state index in [-0.39, 0.29) is 13.0 Å². The fourth-order valence-electron chi connectivity index (χ4n) is 4.16. The van der Waals surface area contributed by atoms with Crippen LogP contribution < -0.4 is 10.6 Å². The third-order valence-corrected chi connectivity index (χ3v) is 5.97. The molecule has 2 rings (SSSR count). The number of ether oxygens (including phenoxy) is 2. The fourth-order valence-corrected chi connectivity index (χ4v) is 4.16. The van der Waals surface area contributed by atoms with Crippen molar-refractivity contribution in [3.63, 3.8) is 0 Å². The Kier molecular flexibility index (Phi) is 12.1. The van der Waals surface area contributed by atoms with Gasteiger partial charge >= 0.3 is 12.1 Å². The van der Waals surface area contributed by atoms with Crippen molar-refractivity contribution in [3.8, 4) is 0 Å². The molecule has 0 aromatic heterocycles. The van der Waals surface area contributed by atoms with E-state index in [0.717, 1.165) is 11.1 Å². The predicted octanol–water partition coefficient (Wildman–Crippen LogP) is 3.84. The molecule has 3 amide bonds. The van der Waals surface area contributed by atoms with Gasteiger partial charge in [-0.05, 0) is 66.5 Å². The summed E-state index contributed by atoms with van der Waals surface area (Å²) in [5, 5.41) is 15.2. The number of carbonyl (C=O) groups is 4. The molecule has 0 aliphatic rings. The van der Waals surface area contributed by atoms with E-state index in [0.29, 0.717) is 5.56 Å². The van der Waals surface area contributed by atoms with Crippen LogP contribution in [0.15, 0.2) is 54.6 Å². The maximum absolute atomic E-state index is 14.0. The molecule has 0 aliphatic carbocycles. The van der Waals surface area contributed by atoms with E-state index < -0.39 is 59.8 Å². The van der Waals surface area contributed by atoms with Crippen molar-refractivity contribution >= 4 is 23.9 Å². The smallest absolute Gasteiger partial charge is 0.408 e. The zero-order valence-corrected chi connectivity index (χ0v) is 25.9. The Morgan fingerprint density at radius 3 is 1.95 bits per heavy atom. The SMILES string of the molecule is Cc1ccc(C(C(=O)NC(Cc2ccccc2)C(=O)OC(C)(C)C)N(CCO)C(=O)C(C)NC(=O)OC(C)(C)C)cc1. The lowest BCUT2D eigenvalue weighted by atomic mass is 10.00. The Bertz CT molecular complexity index is 1200. The average Bonchev–Trinajstić information content (AvgIpc) is 2.87. The summed E-state index contributed by atoms with van der Waals surface area (Å²) in [6.07, 6.45) is -0.636. The van der Waals surface area contributed by atoms with Crippen molar-refractivity contribution in [2.24, 2.45) is 0 Å². The lowest BCUT2D eigenvalue weighted by molar-refractivity contribution is -0.159. The third kappa shape index (κ3) is 11.2. The van der Waals surface area contributed by atoms with Gasteiger partial charge in [0, 0.05) is 13.0 Å². The highest BCUT2D eigenvalue weighted by atomic mass is 16.6. The van der Waals surface area contributed by atoms with Gasteiger partial charge in [-0.1, -0.05) is 60.2 Å². The van der Waals surface area contributed by atoms with Crippen LogP contribution in [0.1, 0.15) is 71.2 Å². The number of amides is 3. The van der Waals surface area contributed by atoms with Gasteiger partial charge in [0.1, 0.15) is 29.3 Å². The Labute approximate surface area is 248 Å². The molecular weight excluding hydrogens is 538 g/mol. The molecule has 3 N–H and O–H groups in total. The van der Waals surface area contributed by atoms with Gasteiger partial charge < -0.3 is 30.1 Å². The lowest BCUT2D eigenvalue weighted by Crippen LogP contribution is -2.54. The molecule has 230 valence electrons. The van der Waals surface area contributed by atoms with E-state index in [2.05, 4.69) is 10.6 Å². The molecule has 0 saturated heterocycles. The number of hydrogen-bond acceptors (Lipinski definition) is 7. The zero-order chi connectivity index (χ0) is 31.7. The molecule has 10 nitrogen and oxygen atoms in total. The van der Waals surface area contributed by atoms with E-state index in [1.54, 1.807) is 65.8 Å². The van der Waals surface area contributed by atoms with Gasteiger partial charge in [0.05, 0.1) is 6.61 Å². The standard InChI is InChI=1S/C32H45N3O7/c1-21-14-16-24(17-15-21)26(35(18-19-36)28(38)22(2)33-30(40)42-32(6,7)8)27(37)34-25(29(39)41-31(3,4)5)20-23-12-10-9-11-13-23/h9-17,22,25-26,36H,18-20H2,1-8H3,(H,33,40)(H,34,37). The van der Waals surface area contributed by atoms with Crippen LogP contribution in [0.2, 0.25) is 0 Å². The normalized spacial score (nSPS) is 13.7. The number of hydrogen-bond donors (Lipinski definition) is 3. The van der Waals surface area contributed by atoms with Gasteiger partial charge in [0.2, 0.25) is 11.8 Å². The second-order valence-corrected chi connectivity index (χ2v) is 12.2. The molecule has 0 saturated carbocycles. The number of esters is 1. The summed E-state index contributed by atoms with van der Waals surface area (Å²) in [4.78, 5) is 54.6. The average molecular weight is 584 g/mol. The van der Waals surface area contributed by atoms with Crippen LogP contribution in [0, 0.1) is 6.92 Å². The van der Waals surface area contributed by atoms with E-state index in [1.165, 1.54) is 11.8 Å². The van der Waals surface area contributed by atoms with Crippen LogP contribution in [0.25, 0.3) is 0 Å². The molecule has 0 fully saturated rings. The Hall–Kier alpha value is -3.92. The second-order valence-electron chi connectivity index (χ2n) is 12.2. The summed E-state index contributed by atoms with van der Waals surface area (Å²) >= 11 is 0. The summed E-state index contributed by atoms with van der Waals surface area (Å²) in [6.45, 7) is 13.0. The topological polar surface area (TPSA) is 134 Å². The molecule has 0 spiro atoms. The van der Waals surface area contributed by atoms with Crippen LogP contribution in [0.4, 0.5) is 4.79 Å². The van der Waals surface area contributed by atoms with Crippen molar-refractivity contribution in [3.05, 3.63) is 71.3 Å². The van der Waals surface area contributed by atoms with Crippen molar-refractivity contribution in [2.45, 2.75) is 91.1 Å². The van der Waals surface area contributed by atoms with E-state index in [9.17, 15) is 24.3 Å². The first-order chi connectivity index (χ1) is 19.5. The summed E-state index contributed by atoms with van der Waals surface area (Å²) in [6, 6.07) is 12.8. The number of alkyl carbamates (subject to hydrolysis) is 1. The lowest BCUT2D eigenvalue weighted by Gasteiger charge is -2.34. The molecule has 0 bridgehead atoms. The molecule has 0 heterocycles. The van der Waals surface area contributed by atoms with E-state index in [4.69, 9.17) is 9.47 Å². The first-order valence-electron chi connectivity index (χ1n) is 14.1. The van der Waals surface area contributed by atoms with Crippen LogP contribution in [-0.4, -0.2) is 70.3 Å². The van der Waals surface area contributed by atoms with Crippen LogP contribution in [0.3, 0.4) is 0 Å². The minimum absolute atomic E-state index is 0.159. The first-order valence-corrected chi connectivity index (χ1v) is 14.1. The number of aliphatic hydroxyl groups excluding tert-OH is 1. The monoisotopic (exact) mass is 583 g/mol. The Morgan fingerprint density at radius 1 is 0.857 bits per heavy atom. The van der Waals surface area contributed by atoms with E-state index in [1.807, 2.05) is 37.3 Å². The second kappa shape index (κ2) is 14.8. The molecule has 3 unspecified atom stereocenters. The van der Waals surface area contributed by atoms with Gasteiger partial charge in [-0.2, -0.15) is 0 Å². The third-order valence-electron chi connectivity index (χ3n) is 5.97. The summed E-state index contributed by atoms with van der Waals surface area (Å²) in [5.74, 6) is -1.88. The number of carbonyl (C=O) groups excluding carboxylic acids is 4. The Morgan fingerprint density at radius 2 is 1.43 bits per heavy atom. The Balaban J connectivity index is 2.47. The van der Waals surface area contributed by atoms with Gasteiger partial charge in [-0.3, -0.25) is 9.59 Å². The molecule has 2 aromatic rings. The largest absolute Gasteiger partial charge is 0.458 e. The molecule has 0 radical (unpaired) electrons. The number of nitrogens with one attached hydrogen (secondary N) is 2. The minimum atomic E-state index is -1.23. The minimum Gasteiger partial charge on any atom is -0.458 e. The van der Waals surface area contributed by atoms with Gasteiger partial charge in [-0.25, -0.2) is 9.59 Å². The molecule has 0 aliphatic heterocycles. The maximum atomic E-state index is 14.0. The predicted molar refractivity (Wildman–Crippen MR) is 159 cm³/mol. The quantitative estimate of drug-likeness (QED) is 0.342. The van der Waals surface area contributed by atoms with Gasteiger partial charge in [-0.15, -0.1) is 0 Å². The zero-order valence-electron chi connectivity index (χ0n) is 25.9. The number of benzene rings is 2. The van der Waals surface area contributed by atoms with Crippen LogP contribution >= 0.6 is 0 Å².